The van der Waals surface area contributed by atoms with E-state index in [2.05, 4.69) is 22.5 Å². The van der Waals surface area contributed by atoms with Gasteiger partial charge in [-0.2, -0.15) is 5.26 Å². The first kappa shape index (κ1) is 10.2. The van der Waals surface area contributed by atoms with E-state index in [1.54, 1.807) is 0 Å². The van der Waals surface area contributed by atoms with Gasteiger partial charge in [-0.15, -0.1) is 0 Å². The molecular formula is C12H17N3. The van der Waals surface area contributed by atoms with E-state index in [9.17, 15) is 0 Å². The predicted octanol–water partition coefficient (Wildman–Crippen LogP) is 2.63. The zero-order valence-electron chi connectivity index (χ0n) is 9.24. The van der Waals surface area contributed by atoms with E-state index in [0.717, 1.165) is 19.3 Å². The SMILES string of the molecule is CCC(CC#N)n1cnc2c1CCCC2. The maximum absolute atomic E-state index is 8.79. The zero-order valence-corrected chi connectivity index (χ0v) is 9.24. The Hall–Kier alpha value is -1.30. The first-order valence-corrected chi connectivity index (χ1v) is 5.78. The Morgan fingerprint density at radius 2 is 2.33 bits per heavy atom. The molecule has 1 aliphatic rings. The Kier molecular flexibility index (Phi) is 3.05. The first-order valence-electron chi connectivity index (χ1n) is 5.78. The van der Waals surface area contributed by atoms with Crippen molar-refractivity contribution in [3.05, 3.63) is 17.7 Å². The summed E-state index contributed by atoms with van der Waals surface area (Å²) in [6.45, 7) is 2.14. The average molecular weight is 203 g/mol. The number of fused-ring (bicyclic) bond motifs is 1. The predicted molar refractivity (Wildman–Crippen MR) is 58.4 cm³/mol. The molecule has 0 radical (unpaired) electrons. The molecule has 0 saturated carbocycles. The van der Waals surface area contributed by atoms with Crippen LogP contribution >= 0.6 is 0 Å². The second kappa shape index (κ2) is 4.48. The van der Waals surface area contributed by atoms with Crippen molar-refractivity contribution in [3.63, 3.8) is 0 Å². The van der Waals surface area contributed by atoms with Crippen LogP contribution in [0.2, 0.25) is 0 Å². The van der Waals surface area contributed by atoms with Crippen LogP contribution < -0.4 is 0 Å². The van der Waals surface area contributed by atoms with Gasteiger partial charge < -0.3 is 4.57 Å². The highest BCUT2D eigenvalue weighted by atomic mass is 15.1. The molecule has 0 amide bonds. The lowest BCUT2D eigenvalue weighted by atomic mass is 10.0. The van der Waals surface area contributed by atoms with Crippen LogP contribution in [0.4, 0.5) is 0 Å². The van der Waals surface area contributed by atoms with E-state index in [1.165, 1.54) is 24.2 Å². The van der Waals surface area contributed by atoms with Crippen molar-refractivity contribution in [2.24, 2.45) is 0 Å². The van der Waals surface area contributed by atoms with Crippen LogP contribution in [0.5, 0.6) is 0 Å². The molecule has 0 N–H and O–H groups in total. The van der Waals surface area contributed by atoms with Crippen molar-refractivity contribution in [1.29, 1.82) is 5.26 Å². The number of aromatic nitrogens is 2. The summed E-state index contributed by atoms with van der Waals surface area (Å²) in [4.78, 5) is 4.46. The van der Waals surface area contributed by atoms with Crippen molar-refractivity contribution >= 4 is 0 Å². The van der Waals surface area contributed by atoms with Gasteiger partial charge in [0.05, 0.1) is 24.5 Å². The maximum atomic E-state index is 8.79. The van der Waals surface area contributed by atoms with Crippen LogP contribution in [0.15, 0.2) is 6.33 Å². The van der Waals surface area contributed by atoms with E-state index in [4.69, 9.17) is 5.26 Å². The van der Waals surface area contributed by atoms with Gasteiger partial charge in [0.2, 0.25) is 0 Å². The largest absolute Gasteiger partial charge is 0.330 e. The van der Waals surface area contributed by atoms with Crippen LogP contribution in [-0.4, -0.2) is 9.55 Å². The molecule has 1 atom stereocenters. The second-order valence-corrected chi connectivity index (χ2v) is 4.18. The van der Waals surface area contributed by atoms with Crippen LogP contribution in [-0.2, 0) is 12.8 Å². The molecule has 1 unspecified atom stereocenters. The monoisotopic (exact) mass is 203 g/mol. The van der Waals surface area contributed by atoms with Gasteiger partial charge in [0, 0.05) is 11.7 Å². The molecule has 1 aliphatic carbocycles. The van der Waals surface area contributed by atoms with Gasteiger partial charge in [0.1, 0.15) is 0 Å². The highest BCUT2D eigenvalue weighted by Gasteiger charge is 2.19. The highest BCUT2D eigenvalue weighted by molar-refractivity contribution is 5.17. The average Bonchev–Trinajstić information content (AvgIpc) is 2.70. The van der Waals surface area contributed by atoms with E-state index in [1.807, 2.05) is 6.33 Å². The molecule has 1 heterocycles. The molecule has 3 heteroatoms. The third-order valence-corrected chi connectivity index (χ3v) is 3.25. The molecule has 15 heavy (non-hydrogen) atoms. The quantitative estimate of drug-likeness (QED) is 0.757. The van der Waals surface area contributed by atoms with Crippen molar-refractivity contribution in [2.45, 2.75) is 51.5 Å². The van der Waals surface area contributed by atoms with Crippen LogP contribution in [0.25, 0.3) is 0 Å². The summed E-state index contributed by atoms with van der Waals surface area (Å²) in [7, 11) is 0. The Bertz CT molecular complexity index is 373. The number of imidazole rings is 1. The number of nitrogens with zero attached hydrogens (tertiary/aromatic N) is 3. The summed E-state index contributed by atoms with van der Waals surface area (Å²) in [6.07, 6.45) is 8.32. The Morgan fingerprint density at radius 3 is 3.07 bits per heavy atom. The molecule has 0 aliphatic heterocycles. The van der Waals surface area contributed by atoms with E-state index >= 15 is 0 Å². The minimum Gasteiger partial charge on any atom is -0.330 e. The third-order valence-electron chi connectivity index (χ3n) is 3.25. The van der Waals surface area contributed by atoms with Gasteiger partial charge in [-0.3, -0.25) is 0 Å². The van der Waals surface area contributed by atoms with Gasteiger partial charge in [0.15, 0.2) is 0 Å². The third kappa shape index (κ3) is 1.90. The molecule has 80 valence electrons. The molecule has 0 saturated heterocycles. The molecule has 1 aromatic rings. The van der Waals surface area contributed by atoms with E-state index in [-0.39, 0.29) is 0 Å². The lowest BCUT2D eigenvalue weighted by molar-refractivity contribution is 0.470. The van der Waals surface area contributed by atoms with Crippen molar-refractivity contribution in [2.75, 3.05) is 0 Å². The summed E-state index contributed by atoms with van der Waals surface area (Å²) in [5.41, 5.74) is 2.64. The van der Waals surface area contributed by atoms with Gasteiger partial charge in [-0.1, -0.05) is 6.92 Å². The fourth-order valence-electron chi connectivity index (χ4n) is 2.35. The minimum absolute atomic E-state index is 0.323. The fraction of sp³-hybridized carbons (Fsp3) is 0.667. The van der Waals surface area contributed by atoms with Crippen LogP contribution in [0.1, 0.15) is 50.0 Å². The van der Waals surface area contributed by atoms with E-state index in [0.29, 0.717) is 12.5 Å². The molecule has 3 nitrogen and oxygen atoms in total. The van der Waals surface area contributed by atoms with Crippen molar-refractivity contribution < 1.29 is 0 Å². The van der Waals surface area contributed by atoms with Crippen molar-refractivity contribution in [3.8, 4) is 6.07 Å². The lowest BCUT2D eigenvalue weighted by Gasteiger charge is -2.19. The van der Waals surface area contributed by atoms with Gasteiger partial charge in [-0.25, -0.2) is 4.98 Å². The zero-order chi connectivity index (χ0) is 10.7. The summed E-state index contributed by atoms with van der Waals surface area (Å²) in [6, 6.07) is 2.59. The Balaban J connectivity index is 2.27. The van der Waals surface area contributed by atoms with Crippen molar-refractivity contribution in [1.82, 2.24) is 9.55 Å². The minimum atomic E-state index is 0.323. The number of nitriles is 1. The van der Waals surface area contributed by atoms with Crippen LogP contribution in [0, 0.1) is 11.3 Å². The summed E-state index contributed by atoms with van der Waals surface area (Å²) in [5, 5.41) is 8.79. The van der Waals surface area contributed by atoms with Crippen LogP contribution in [0.3, 0.4) is 0 Å². The molecule has 2 rings (SSSR count). The normalized spacial score (nSPS) is 16.8. The number of hydrogen-bond donors (Lipinski definition) is 0. The second-order valence-electron chi connectivity index (χ2n) is 4.18. The summed E-state index contributed by atoms with van der Waals surface area (Å²) in [5.74, 6) is 0. The number of aryl methyl sites for hydroxylation is 1. The van der Waals surface area contributed by atoms with E-state index < -0.39 is 0 Å². The topological polar surface area (TPSA) is 41.6 Å². The molecule has 1 aromatic heterocycles. The number of rotatable bonds is 3. The molecule has 0 bridgehead atoms. The van der Waals surface area contributed by atoms with Gasteiger partial charge in [0.25, 0.3) is 0 Å². The smallest absolute Gasteiger partial charge is 0.0954 e. The standard InChI is InChI=1S/C12H17N3/c1-2-10(7-8-13)15-9-14-11-5-3-4-6-12(11)15/h9-10H,2-7H2,1H3. The molecule has 0 fully saturated rings. The molecule has 0 aromatic carbocycles. The first-order chi connectivity index (χ1) is 7.36. The lowest BCUT2D eigenvalue weighted by Crippen LogP contribution is -2.13. The summed E-state index contributed by atoms with van der Waals surface area (Å²) < 4.78 is 2.23. The Labute approximate surface area is 90.7 Å². The number of hydrogen-bond acceptors (Lipinski definition) is 2. The summed E-state index contributed by atoms with van der Waals surface area (Å²) >= 11 is 0. The molecule has 0 spiro atoms. The maximum Gasteiger partial charge on any atom is 0.0954 e. The molecular weight excluding hydrogens is 186 g/mol. The van der Waals surface area contributed by atoms with Gasteiger partial charge in [-0.05, 0) is 32.1 Å². The van der Waals surface area contributed by atoms with Gasteiger partial charge >= 0.3 is 0 Å². The Morgan fingerprint density at radius 1 is 1.53 bits per heavy atom. The highest BCUT2D eigenvalue weighted by Crippen LogP contribution is 2.25. The fourth-order valence-corrected chi connectivity index (χ4v) is 2.35.